The second-order valence-electron chi connectivity index (χ2n) is 8.48. The van der Waals surface area contributed by atoms with Gasteiger partial charge in [-0.25, -0.2) is 24.2 Å². The summed E-state index contributed by atoms with van der Waals surface area (Å²) in [5.41, 5.74) is -0.750. The number of amides is 1. The van der Waals surface area contributed by atoms with Crippen LogP contribution in [0, 0.1) is 0 Å². The van der Waals surface area contributed by atoms with Crippen LogP contribution in [0.4, 0.5) is 5.82 Å². The number of likely N-dealkylation sites (tertiary alicyclic amines) is 1. The third-order valence-corrected chi connectivity index (χ3v) is 6.23. The van der Waals surface area contributed by atoms with Crippen molar-refractivity contribution in [2.24, 2.45) is 0 Å². The van der Waals surface area contributed by atoms with Crippen LogP contribution in [0.25, 0.3) is 11.0 Å². The molecule has 2 aliphatic rings. The smallest absolute Gasteiger partial charge is 0.332 e. The molecule has 0 bridgehead atoms. The van der Waals surface area contributed by atoms with E-state index in [-0.39, 0.29) is 0 Å². The topological polar surface area (TPSA) is 140 Å². The van der Waals surface area contributed by atoms with Gasteiger partial charge in [0.15, 0.2) is 11.2 Å². The third kappa shape index (κ3) is 5.36. The normalized spacial score (nSPS) is 18.5. The first-order valence-electron chi connectivity index (χ1n) is 11.3. The maximum atomic E-state index is 13.3. The average molecular weight is 457 g/mol. The molecule has 1 saturated carbocycles. The summed E-state index contributed by atoms with van der Waals surface area (Å²) >= 11 is 0. The molecule has 11 nitrogen and oxygen atoms in total. The highest BCUT2D eigenvalue weighted by molar-refractivity contribution is 6.03. The Morgan fingerprint density at radius 1 is 1.06 bits per heavy atom. The number of hydrogen-bond acceptors (Lipinski definition) is 8. The van der Waals surface area contributed by atoms with Crippen molar-refractivity contribution in [3.05, 3.63) is 24.7 Å². The highest BCUT2D eigenvalue weighted by atomic mass is 16.6. The van der Waals surface area contributed by atoms with Crippen molar-refractivity contribution in [3.8, 4) is 0 Å². The van der Waals surface area contributed by atoms with E-state index < -0.39 is 23.4 Å². The van der Waals surface area contributed by atoms with Gasteiger partial charge < -0.3 is 20.1 Å². The molecule has 0 spiro atoms. The van der Waals surface area contributed by atoms with Gasteiger partial charge in [0.1, 0.15) is 12.1 Å². The number of carboxylic acids is 1. The number of aromatic nitrogens is 4. The van der Waals surface area contributed by atoms with Crippen LogP contribution in [0.1, 0.15) is 44.9 Å². The van der Waals surface area contributed by atoms with Gasteiger partial charge in [-0.1, -0.05) is 6.42 Å². The number of carbonyl (C=O) groups excluding carboxylic acids is 2. The van der Waals surface area contributed by atoms with E-state index in [1.54, 1.807) is 10.9 Å². The molecule has 11 heteroatoms. The Labute approximate surface area is 190 Å². The Morgan fingerprint density at radius 2 is 1.82 bits per heavy atom. The van der Waals surface area contributed by atoms with Crippen LogP contribution < -0.4 is 5.32 Å². The molecule has 3 heterocycles. The van der Waals surface area contributed by atoms with Crippen molar-refractivity contribution in [3.63, 3.8) is 0 Å². The van der Waals surface area contributed by atoms with Gasteiger partial charge in [0.2, 0.25) is 0 Å². The molecule has 4 rings (SSSR count). The van der Waals surface area contributed by atoms with Crippen LogP contribution in [0.15, 0.2) is 24.7 Å². The Kier molecular flexibility index (Phi) is 6.97. The zero-order chi connectivity index (χ0) is 23.3. The lowest BCUT2D eigenvalue weighted by molar-refractivity contribution is -0.165. The van der Waals surface area contributed by atoms with Gasteiger partial charge in [-0.15, -0.1) is 0 Å². The van der Waals surface area contributed by atoms with E-state index in [0.717, 1.165) is 45.0 Å². The lowest BCUT2D eigenvalue weighted by Crippen LogP contribution is -2.48. The molecular formula is C22H28N6O5. The van der Waals surface area contributed by atoms with Crippen LogP contribution in [-0.4, -0.2) is 72.8 Å². The Morgan fingerprint density at radius 3 is 2.55 bits per heavy atom. The largest absolute Gasteiger partial charge is 0.478 e. The lowest BCUT2D eigenvalue weighted by Gasteiger charge is -2.34. The molecule has 0 aromatic carbocycles. The maximum Gasteiger partial charge on any atom is 0.332 e. The zero-order valence-electron chi connectivity index (χ0n) is 18.4. The Hall–Kier alpha value is -3.34. The van der Waals surface area contributed by atoms with E-state index in [2.05, 4.69) is 25.3 Å². The van der Waals surface area contributed by atoms with E-state index in [9.17, 15) is 14.4 Å². The van der Waals surface area contributed by atoms with Crippen molar-refractivity contribution in [1.29, 1.82) is 0 Å². The third-order valence-electron chi connectivity index (χ3n) is 6.23. The number of carbonyl (C=O) groups is 3. The molecule has 2 aromatic heterocycles. The van der Waals surface area contributed by atoms with Gasteiger partial charge >= 0.3 is 11.9 Å². The molecular weight excluding hydrogens is 428 g/mol. The van der Waals surface area contributed by atoms with Crippen molar-refractivity contribution >= 4 is 34.7 Å². The van der Waals surface area contributed by atoms with Gasteiger partial charge in [0, 0.05) is 18.7 Å². The van der Waals surface area contributed by atoms with E-state index >= 15 is 0 Å². The number of fused-ring (bicyclic) bond motifs is 1. The van der Waals surface area contributed by atoms with E-state index in [0.29, 0.717) is 42.3 Å². The number of nitrogens with zero attached hydrogens (tertiary/aromatic N) is 5. The van der Waals surface area contributed by atoms with Gasteiger partial charge in [-0.05, 0) is 51.6 Å². The number of rotatable bonds is 8. The second-order valence-corrected chi connectivity index (χ2v) is 8.48. The van der Waals surface area contributed by atoms with E-state index in [1.807, 2.05) is 0 Å². The van der Waals surface area contributed by atoms with Crippen LogP contribution in [0.3, 0.4) is 0 Å². The fourth-order valence-electron chi connectivity index (χ4n) is 4.48. The minimum absolute atomic E-state index is 0.305. The molecule has 176 valence electrons. The zero-order valence-corrected chi connectivity index (χ0v) is 18.4. The monoisotopic (exact) mass is 456 g/mol. The molecule has 2 fully saturated rings. The van der Waals surface area contributed by atoms with Crippen molar-refractivity contribution < 1.29 is 24.2 Å². The number of carboxylic acid groups (broad SMARTS) is 1. The molecule has 2 aromatic rings. The molecule has 0 unspecified atom stereocenters. The molecule has 1 saturated heterocycles. The van der Waals surface area contributed by atoms with Gasteiger partial charge in [-0.2, -0.15) is 5.10 Å². The fourth-order valence-corrected chi connectivity index (χ4v) is 4.48. The van der Waals surface area contributed by atoms with Crippen molar-refractivity contribution in [2.45, 2.75) is 57.1 Å². The molecule has 2 N–H and O–H groups in total. The highest BCUT2D eigenvalue weighted by Crippen LogP contribution is 2.33. The minimum Gasteiger partial charge on any atom is -0.478 e. The first-order valence-corrected chi connectivity index (χ1v) is 11.3. The predicted molar refractivity (Wildman–Crippen MR) is 118 cm³/mol. The summed E-state index contributed by atoms with van der Waals surface area (Å²) in [6, 6.07) is 0. The number of nitrogens with one attached hydrogen (secondary N) is 1. The fraction of sp³-hybridized carbons (Fsp3) is 0.545. The summed E-state index contributed by atoms with van der Waals surface area (Å²) < 4.78 is 7.31. The number of ether oxygens (including phenoxy) is 1. The first-order chi connectivity index (χ1) is 16.0. The number of anilines is 1. The summed E-state index contributed by atoms with van der Waals surface area (Å²) in [7, 11) is 0. The number of hydrogen-bond donors (Lipinski definition) is 2. The molecule has 0 radical (unpaired) electrons. The minimum atomic E-state index is -1.37. The average Bonchev–Trinajstić information content (AvgIpc) is 3.47. The lowest BCUT2D eigenvalue weighted by atomic mass is 9.83. The SMILES string of the molecule is O=C(O)/C=C\C(=O)OC1(C(=O)Nc2ncnc3c2cnn3CCN2CCCC2)CCCCC1. The number of esters is 1. The summed E-state index contributed by atoms with van der Waals surface area (Å²) in [4.78, 5) is 47.1. The summed E-state index contributed by atoms with van der Waals surface area (Å²) in [6.45, 7) is 3.76. The second kappa shape index (κ2) is 10.1. The maximum absolute atomic E-state index is 13.3. The highest BCUT2D eigenvalue weighted by Gasteiger charge is 2.43. The predicted octanol–water partition coefficient (Wildman–Crippen LogP) is 1.75. The molecule has 0 atom stereocenters. The van der Waals surface area contributed by atoms with Crippen molar-refractivity contribution in [1.82, 2.24) is 24.6 Å². The first kappa shape index (κ1) is 22.8. The van der Waals surface area contributed by atoms with Crippen LogP contribution in [0.2, 0.25) is 0 Å². The molecule has 1 aliphatic carbocycles. The number of aliphatic carboxylic acids is 1. The quantitative estimate of drug-likeness (QED) is 0.449. The molecule has 1 amide bonds. The van der Waals surface area contributed by atoms with Gasteiger partial charge in [-0.3, -0.25) is 4.79 Å². The summed E-state index contributed by atoms with van der Waals surface area (Å²) in [6.07, 6.45) is 10.0. The van der Waals surface area contributed by atoms with E-state index in [1.165, 1.54) is 19.2 Å². The summed E-state index contributed by atoms with van der Waals surface area (Å²) in [5.74, 6) is -2.31. The summed E-state index contributed by atoms with van der Waals surface area (Å²) in [5, 5.41) is 16.6. The molecule has 33 heavy (non-hydrogen) atoms. The standard InChI is InChI=1S/C22H28N6O5/c29-17(30)6-7-18(31)33-22(8-2-1-3-9-22)21(32)26-19-16-14-25-28(20(16)24-15-23-19)13-12-27-10-4-5-11-27/h6-7,14-15H,1-5,8-13H2,(H,29,30)(H,23,24,26,32)/b7-6-. The Balaban J connectivity index is 1.51. The van der Waals surface area contributed by atoms with Gasteiger partial charge in [0.05, 0.1) is 18.1 Å². The van der Waals surface area contributed by atoms with Crippen molar-refractivity contribution in [2.75, 3.05) is 25.0 Å². The molecule has 1 aliphatic heterocycles. The van der Waals surface area contributed by atoms with E-state index in [4.69, 9.17) is 9.84 Å². The van der Waals surface area contributed by atoms with Gasteiger partial charge in [0.25, 0.3) is 5.91 Å². The van der Waals surface area contributed by atoms with Crippen LogP contribution in [-0.2, 0) is 25.7 Å². The van der Waals surface area contributed by atoms with Crippen LogP contribution in [0.5, 0.6) is 0 Å². The van der Waals surface area contributed by atoms with Crippen LogP contribution >= 0.6 is 0 Å². The Bertz CT molecular complexity index is 1050.